The molecular weight excluding hydrogens is 440 g/mol. The molecule has 3 atom stereocenters. The fraction of sp³-hybridized carbons (Fsp3) is 0.379. The highest BCUT2D eigenvalue weighted by Crippen LogP contribution is 2.66. The van der Waals surface area contributed by atoms with Crippen LogP contribution in [-0.4, -0.2) is 31.8 Å². The second-order valence-corrected chi connectivity index (χ2v) is 9.57. The molecule has 5 rings (SSSR count). The van der Waals surface area contributed by atoms with Gasteiger partial charge in [-0.3, -0.25) is 4.79 Å². The summed E-state index contributed by atoms with van der Waals surface area (Å²) < 4.78 is 16.0. The molecule has 1 saturated carbocycles. The first-order chi connectivity index (χ1) is 17.0. The average Bonchev–Trinajstić information content (AvgIpc) is 3.37. The van der Waals surface area contributed by atoms with Crippen molar-refractivity contribution in [3.8, 4) is 11.5 Å². The minimum Gasteiger partial charge on any atom is -0.497 e. The molecule has 0 saturated heterocycles. The van der Waals surface area contributed by atoms with Crippen molar-refractivity contribution in [2.24, 2.45) is 11.8 Å². The molecule has 0 N–H and O–H groups in total. The Morgan fingerprint density at radius 2 is 1.57 bits per heavy atom. The minimum absolute atomic E-state index is 0.0442. The Balaban J connectivity index is 1.42. The molecule has 6 heteroatoms. The summed E-state index contributed by atoms with van der Waals surface area (Å²) in [4.78, 5) is 19.6. The normalized spacial score (nSPS) is 21.6. The van der Waals surface area contributed by atoms with Crippen LogP contribution in [0.5, 0.6) is 11.5 Å². The third-order valence-corrected chi connectivity index (χ3v) is 7.63. The summed E-state index contributed by atoms with van der Waals surface area (Å²) in [6.45, 7) is 5.90. The smallest absolute Gasteiger partial charge is 0.310 e. The van der Waals surface area contributed by atoms with E-state index in [1.165, 1.54) is 22.3 Å². The second-order valence-electron chi connectivity index (χ2n) is 9.57. The summed E-state index contributed by atoms with van der Waals surface area (Å²) in [5, 5.41) is 0. The molecule has 1 aromatic heterocycles. The van der Waals surface area contributed by atoms with Crippen molar-refractivity contribution >= 4 is 11.8 Å². The number of anilines is 1. The Kier molecular flexibility index (Phi) is 6.13. The van der Waals surface area contributed by atoms with Gasteiger partial charge < -0.3 is 19.1 Å². The molecule has 182 valence electrons. The van der Waals surface area contributed by atoms with Crippen molar-refractivity contribution in [3.05, 3.63) is 83.0 Å². The second kappa shape index (κ2) is 9.25. The first-order valence-electron chi connectivity index (χ1n) is 12.1. The van der Waals surface area contributed by atoms with E-state index >= 15 is 0 Å². The van der Waals surface area contributed by atoms with Gasteiger partial charge in [-0.2, -0.15) is 0 Å². The summed E-state index contributed by atoms with van der Waals surface area (Å²) in [6.07, 6.45) is 2.88. The van der Waals surface area contributed by atoms with E-state index in [1.54, 1.807) is 14.2 Å². The molecule has 1 heterocycles. The van der Waals surface area contributed by atoms with Gasteiger partial charge in [0.25, 0.3) is 0 Å². The quantitative estimate of drug-likeness (QED) is 0.412. The standard InChI is InChI=1S/C29H32N2O4/c1-5-35-28(32)27-24-14-21-15-26(30-16-25(21)29(24,27)2)31(17-19-6-10-22(33-3)11-7-19)18-20-8-12-23(34-4)13-9-20/h6-13,15-16,24,27H,5,14,17-18H2,1-4H3/t24-,27-,29+/m0/s1. The van der Waals surface area contributed by atoms with Gasteiger partial charge in [0.2, 0.25) is 0 Å². The summed E-state index contributed by atoms with van der Waals surface area (Å²) in [7, 11) is 3.36. The van der Waals surface area contributed by atoms with E-state index in [9.17, 15) is 4.79 Å². The van der Waals surface area contributed by atoms with E-state index in [0.717, 1.165) is 23.7 Å². The lowest BCUT2D eigenvalue weighted by Gasteiger charge is -2.26. The molecule has 2 aliphatic carbocycles. The first-order valence-corrected chi connectivity index (χ1v) is 12.1. The number of carbonyl (C=O) groups is 1. The van der Waals surface area contributed by atoms with Gasteiger partial charge in [0.05, 0.1) is 26.7 Å². The first kappa shape index (κ1) is 23.2. The molecule has 3 aromatic rings. The summed E-state index contributed by atoms with van der Waals surface area (Å²) in [5.41, 5.74) is 4.69. The molecule has 2 aliphatic rings. The monoisotopic (exact) mass is 472 g/mol. The largest absolute Gasteiger partial charge is 0.497 e. The number of pyridine rings is 1. The summed E-state index contributed by atoms with van der Waals surface area (Å²) in [5.74, 6) is 2.82. The number of fused-ring (bicyclic) bond motifs is 3. The maximum absolute atomic E-state index is 12.4. The predicted octanol–water partition coefficient (Wildman–Crippen LogP) is 4.93. The van der Waals surface area contributed by atoms with Crippen molar-refractivity contribution in [2.75, 3.05) is 25.7 Å². The Morgan fingerprint density at radius 1 is 1.00 bits per heavy atom. The third kappa shape index (κ3) is 4.22. The molecule has 2 aromatic carbocycles. The lowest BCUT2D eigenvalue weighted by atomic mass is 9.95. The molecule has 1 fully saturated rings. The molecule has 0 unspecified atom stereocenters. The maximum Gasteiger partial charge on any atom is 0.310 e. The van der Waals surface area contributed by atoms with E-state index < -0.39 is 0 Å². The molecule has 0 aliphatic heterocycles. The predicted molar refractivity (Wildman–Crippen MR) is 135 cm³/mol. The van der Waals surface area contributed by atoms with Gasteiger partial charge in [-0.1, -0.05) is 31.2 Å². The Labute approximate surface area is 206 Å². The van der Waals surface area contributed by atoms with Crippen LogP contribution >= 0.6 is 0 Å². The summed E-state index contributed by atoms with van der Waals surface area (Å²) >= 11 is 0. The topological polar surface area (TPSA) is 60.9 Å². The van der Waals surface area contributed by atoms with Crippen molar-refractivity contribution in [3.63, 3.8) is 0 Å². The van der Waals surface area contributed by atoms with Gasteiger partial charge in [-0.05, 0) is 71.8 Å². The number of hydrogen-bond acceptors (Lipinski definition) is 6. The SMILES string of the molecule is CCOC(=O)[C@@H]1[C@@H]2Cc3cc(N(Cc4ccc(OC)cc4)Cc4ccc(OC)cc4)ncc3[C@]12C. The maximum atomic E-state index is 12.4. The highest BCUT2D eigenvalue weighted by Gasteiger charge is 2.70. The van der Waals surface area contributed by atoms with Crippen molar-refractivity contribution in [1.29, 1.82) is 0 Å². The van der Waals surface area contributed by atoms with Crippen molar-refractivity contribution in [1.82, 2.24) is 4.98 Å². The fourth-order valence-electron chi connectivity index (χ4n) is 5.61. The number of benzene rings is 2. The number of methoxy groups -OCH3 is 2. The summed E-state index contributed by atoms with van der Waals surface area (Å²) in [6, 6.07) is 18.5. The van der Waals surface area contributed by atoms with E-state index in [2.05, 4.69) is 42.2 Å². The van der Waals surface area contributed by atoms with Crippen LogP contribution in [0, 0.1) is 11.8 Å². The molecule has 35 heavy (non-hydrogen) atoms. The van der Waals surface area contributed by atoms with E-state index in [-0.39, 0.29) is 17.3 Å². The molecule has 0 bridgehead atoms. The van der Waals surface area contributed by atoms with Crippen molar-refractivity contribution in [2.45, 2.75) is 38.8 Å². The van der Waals surface area contributed by atoms with Gasteiger partial charge in [0.1, 0.15) is 17.3 Å². The number of nitrogens with zero attached hydrogens (tertiary/aromatic N) is 2. The van der Waals surface area contributed by atoms with Crippen LogP contribution in [0.1, 0.15) is 36.1 Å². The van der Waals surface area contributed by atoms with Crippen LogP contribution in [0.3, 0.4) is 0 Å². The molecule has 0 radical (unpaired) electrons. The van der Waals surface area contributed by atoms with Crippen LogP contribution in [-0.2, 0) is 34.5 Å². The lowest BCUT2D eigenvalue weighted by Crippen LogP contribution is -2.24. The Morgan fingerprint density at radius 3 is 2.09 bits per heavy atom. The van der Waals surface area contributed by atoms with Crippen LogP contribution < -0.4 is 14.4 Å². The van der Waals surface area contributed by atoms with Crippen LogP contribution in [0.25, 0.3) is 0 Å². The number of carbonyl (C=O) groups excluding carboxylic acids is 1. The molecule has 6 nitrogen and oxygen atoms in total. The highest BCUT2D eigenvalue weighted by atomic mass is 16.5. The average molecular weight is 473 g/mol. The van der Waals surface area contributed by atoms with Gasteiger partial charge in [-0.15, -0.1) is 0 Å². The van der Waals surface area contributed by atoms with E-state index in [1.807, 2.05) is 37.4 Å². The highest BCUT2D eigenvalue weighted by molar-refractivity contribution is 5.81. The van der Waals surface area contributed by atoms with Gasteiger partial charge >= 0.3 is 5.97 Å². The van der Waals surface area contributed by atoms with E-state index in [4.69, 9.17) is 19.2 Å². The fourth-order valence-corrected chi connectivity index (χ4v) is 5.61. The van der Waals surface area contributed by atoms with Crippen LogP contribution in [0.2, 0.25) is 0 Å². The zero-order valence-corrected chi connectivity index (χ0v) is 20.8. The molecular formula is C29H32N2O4. The van der Waals surface area contributed by atoms with Gasteiger partial charge in [0.15, 0.2) is 0 Å². The number of aromatic nitrogens is 1. The number of hydrogen-bond donors (Lipinski definition) is 0. The minimum atomic E-state index is -0.149. The Hall–Kier alpha value is -3.54. The zero-order valence-electron chi connectivity index (χ0n) is 20.8. The van der Waals surface area contributed by atoms with E-state index in [0.29, 0.717) is 25.6 Å². The van der Waals surface area contributed by atoms with Gasteiger partial charge in [0, 0.05) is 24.7 Å². The third-order valence-electron chi connectivity index (χ3n) is 7.63. The van der Waals surface area contributed by atoms with Crippen LogP contribution in [0.15, 0.2) is 60.8 Å². The van der Waals surface area contributed by atoms with Crippen molar-refractivity contribution < 1.29 is 19.0 Å². The molecule has 0 amide bonds. The number of ether oxygens (including phenoxy) is 3. The number of rotatable bonds is 9. The van der Waals surface area contributed by atoms with Gasteiger partial charge in [-0.25, -0.2) is 4.98 Å². The zero-order chi connectivity index (χ0) is 24.6. The van der Waals surface area contributed by atoms with Crippen LogP contribution in [0.4, 0.5) is 5.82 Å². The number of esters is 1. The molecule has 0 spiro atoms. The Bertz CT molecular complexity index is 1160. The lowest BCUT2D eigenvalue weighted by molar-refractivity contribution is -0.145.